The molecule has 5 nitrogen and oxygen atoms in total. The molecule has 1 unspecified atom stereocenters. The first kappa shape index (κ1) is 12.7. The van der Waals surface area contributed by atoms with E-state index in [1.54, 1.807) is 13.0 Å². The van der Waals surface area contributed by atoms with Gasteiger partial charge in [-0.1, -0.05) is 6.08 Å². The third-order valence-electron chi connectivity index (χ3n) is 2.80. The first-order valence-electron chi connectivity index (χ1n) is 5.19. The van der Waals surface area contributed by atoms with Gasteiger partial charge >= 0.3 is 5.97 Å². The highest BCUT2D eigenvalue weighted by molar-refractivity contribution is 5.81. The van der Waals surface area contributed by atoms with Gasteiger partial charge in [0.1, 0.15) is 6.61 Å². The molecule has 16 heavy (non-hydrogen) atoms. The second-order valence-electron chi connectivity index (χ2n) is 4.23. The van der Waals surface area contributed by atoms with Crippen LogP contribution in [-0.4, -0.2) is 48.2 Å². The van der Waals surface area contributed by atoms with Gasteiger partial charge in [0.2, 0.25) is 5.91 Å². The van der Waals surface area contributed by atoms with Crippen LogP contribution < -0.4 is 0 Å². The molecular weight excluding hydrogens is 210 g/mol. The second kappa shape index (κ2) is 5.12. The van der Waals surface area contributed by atoms with E-state index < -0.39 is 11.4 Å². The molecule has 1 aliphatic rings. The van der Waals surface area contributed by atoms with Crippen LogP contribution in [0.5, 0.6) is 0 Å². The summed E-state index contributed by atoms with van der Waals surface area (Å²) in [6.45, 7) is 6.20. The van der Waals surface area contributed by atoms with E-state index in [0.717, 1.165) is 0 Å². The molecule has 1 N–H and O–H groups in total. The molecule has 0 spiro atoms. The largest absolute Gasteiger partial charge is 0.481 e. The summed E-state index contributed by atoms with van der Waals surface area (Å²) in [6.07, 6.45) is 2.06. The monoisotopic (exact) mass is 227 g/mol. The molecule has 0 aromatic rings. The molecule has 1 saturated heterocycles. The van der Waals surface area contributed by atoms with E-state index in [1.807, 2.05) is 0 Å². The summed E-state index contributed by atoms with van der Waals surface area (Å²) in [4.78, 5) is 24.1. The van der Waals surface area contributed by atoms with Crippen LogP contribution in [0.15, 0.2) is 12.7 Å². The van der Waals surface area contributed by atoms with Gasteiger partial charge in [-0.15, -0.1) is 6.58 Å². The lowest BCUT2D eigenvalue weighted by atomic mass is 9.90. The highest BCUT2D eigenvalue weighted by atomic mass is 16.5. The molecule has 0 bridgehead atoms. The minimum atomic E-state index is -0.852. The number of likely N-dealkylation sites (tertiary alicyclic amines) is 1. The predicted octanol–water partition coefficient (Wildman–Crippen LogP) is 0.512. The first-order chi connectivity index (χ1) is 7.49. The van der Waals surface area contributed by atoms with Crippen molar-refractivity contribution in [3.8, 4) is 0 Å². The van der Waals surface area contributed by atoms with Crippen molar-refractivity contribution in [3.63, 3.8) is 0 Å². The highest BCUT2D eigenvalue weighted by Gasteiger charge is 2.41. The van der Waals surface area contributed by atoms with Gasteiger partial charge in [-0.2, -0.15) is 0 Å². The Morgan fingerprint density at radius 1 is 1.62 bits per heavy atom. The van der Waals surface area contributed by atoms with Crippen LogP contribution in [0, 0.1) is 5.41 Å². The fraction of sp³-hybridized carbons (Fsp3) is 0.636. The van der Waals surface area contributed by atoms with Crippen molar-refractivity contribution < 1.29 is 19.4 Å². The minimum Gasteiger partial charge on any atom is -0.481 e. The maximum absolute atomic E-state index is 11.6. The van der Waals surface area contributed by atoms with Crippen LogP contribution in [0.2, 0.25) is 0 Å². The SMILES string of the molecule is C=CCOCC(=O)N1CCC(C)(C(=O)O)C1. The van der Waals surface area contributed by atoms with E-state index in [2.05, 4.69) is 6.58 Å². The van der Waals surface area contributed by atoms with E-state index in [9.17, 15) is 9.59 Å². The summed E-state index contributed by atoms with van der Waals surface area (Å²) < 4.78 is 5.03. The van der Waals surface area contributed by atoms with Gasteiger partial charge in [-0.3, -0.25) is 9.59 Å². The van der Waals surface area contributed by atoms with Crippen LogP contribution in [0.25, 0.3) is 0 Å². The number of nitrogens with zero attached hydrogens (tertiary/aromatic N) is 1. The number of hydrogen-bond acceptors (Lipinski definition) is 3. The van der Waals surface area contributed by atoms with E-state index in [4.69, 9.17) is 9.84 Å². The summed E-state index contributed by atoms with van der Waals surface area (Å²) in [5, 5.41) is 9.00. The van der Waals surface area contributed by atoms with Gasteiger partial charge in [-0.05, 0) is 13.3 Å². The first-order valence-corrected chi connectivity index (χ1v) is 5.19. The smallest absolute Gasteiger partial charge is 0.311 e. The number of carbonyl (C=O) groups is 2. The average Bonchev–Trinajstić information content (AvgIpc) is 2.63. The quantitative estimate of drug-likeness (QED) is 0.549. The van der Waals surface area contributed by atoms with E-state index >= 15 is 0 Å². The van der Waals surface area contributed by atoms with Gasteiger partial charge in [0, 0.05) is 13.1 Å². The standard InChI is InChI=1S/C11H17NO4/c1-3-6-16-7-9(13)12-5-4-11(2,8-12)10(14)15/h3H,1,4-8H2,2H3,(H,14,15). The van der Waals surface area contributed by atoms with Gasteiger partial charge in [0.15, 0.2) is 0 Å². The fourth-order valence-electron chi connectivity index (χ4n) is 1.67. The van der Waals surface area contributed by atoms with Crippen molar-refractivity contribution >= 4 is 11.9 Å². The molecule has 1 fully saturated rings. The number of hydrogen-bond donors (Lipinski definition) is 1. The van der Waals surface area contributed by atoms with E-state index in [0.29, 0.717) is 19.6 Å². The van der Waals surface area contributed by atoms with Crippen molar-refractivity contribution in [3.05, 3.63) is 12.7 Å². The summed E-state index contributed by atoms with van der Waals surface area (Å²) in [7, 11) is 0. The third-order valence-corrected chi connectivity index (χ3v) is 2.80. The zero-order valence-electron chi connectivity index (χ0n) is 9.44. The van der Waals surface area contributed by atoms with Gasteiger partial charge in [0.25, 0.3) is 0 Å². The van der Waals surface area contributed by atoms with E-state index in [1.165, 1.54) is 4.90 Å². The van der Waals surface area contributed by atoms with Crippen molar-refractivity contribution in [2.45, 2.75) is 13.3 Å². The Hall–Kier alpha value is -1.36. The molecule has 1 amide bonds. The molecule has 90 valence electrons. The van der Waals surface area contributed by atoms with Crippen LogP contribution in [-0.2, 0) is 14.3 Å². The number of rotatable bonds is 5. The van der Waals surface area contributed by atoms with Gasteiger partial charge in [-0.25, -0.2) is 0 Å². The molecule has 1 aliphatic heterocycles. The normalized spacial score (nSPS) is 24.4. The number of carboxylic acids is 1. The Kier molecular flexibility index (Phi) is 4.06. The zero-order valence-corrected chi connectivity index (χ0v) is 9.44. The second-order valence-corrected chi connectivity index (χ2v) is 4.23. The molecule has 0 aliphatic carbocycles. The maximum Gasteiger partial charge on any atom is 0.311 e. The molecule has 0 aromatic carbocycles. The van der Waals surface area contributed by atoms with Crippen molar-refractivity contribution in [1.82, 2.24) is 4.90 Å². The van der Waals surface area contributed by atoms with Crippen molar-refractivity contribution in [2.24, 2.45) is 5.41 Å². The van der Waals surface area contributed by atoms with Gasteiger partial charge in [0.05, 0.1) is 12.0 Å². The topological polar surface area (TPSA) is 66.8 Å². The molecule has 1 atom stereocenters. The molecule has 5 heteroatoms. The molecule has 0 saturated carbocycles. The van der Waals surface area contributed by atoms with Gasteiger partial charge < -0.3 is 14.7 Å². The third kappa shape index (κ3) is 2.82. The maximum atomic E-state index is 11.6. The van der Waals surface area contributed by atoms with Crippen LogP contribution >= 0.6 is 0 Å². The minimum absolute atomic E-state index is 0.0122. The molecule has 1 rings (SSSR count). The lowest BCUT2D eigenvalue weighted by molar-refractivity contribution is -0.147. The number of carbonyl (C=O) groups excluding carboxylic acids is 1. The predicted molar refractivity (Wildman–Crippen MR) is 58.0 cm³/mol. The van der Waals surface area contributed by atoms with Crippen molar-refractivity contribution in [1.29, 1.82) is 0 Å². The molecule has 0 radical (unpaired) electrons. The number of ether oxygens (including phenoxy) is 1. The lowest BCUT2D eigenvalue weighted by Crippen LogP contribution is -2.36. The molecule has 0 aromatic heterocycles. The Morgan fingerprint density at radius 3 is 2.81 bits per heavy atom. The number of aliphatic carboxylic acids is 1. The Bertz CT molecular complexity index is 302. The Balaban J connectivity index is 2.43. The zero-order chi connectivity index (χ0) is 12.2. The lowest BCUT2D eigenvalue weighted by Gasteiger charge is -2.19. The van der Waals surface area contributed by atoms with Crippen molar-refractivity contribution in [2.75, 3.05) is 26.3 Å². The fourth-order valence-corrected chi connectivity index (χ4v) is 1.67. The van der Waals surface area contributed by atoms with Crippen LogP contribution in [0.3, 0.4) is 0 Å². The Labute approximate surface area is 94.7 Å². The Morgan fingerprint density at radius 2 is 2.31 bits per heavy atom. The average molecular weight is 227 g/mol. The summed E-state index contributed by atoms with van der Waals surface area (Å²) in [6, 6.07) is 0. The van der Waals surface area contributed by atoms with E-state index in [-0.39, 0.29) is 19.1 Å². The molecule has 1 heterocycles. The summed E-state index contributed by atoms with van der Waals surface area (Å²) in [5.41, 5.74) is -0.811. The number of amides is 1. The highest BCUT2D eigenvalue weighted by Crippen LogP contribution is 2.29. The van der Waals surface area contributed by atoms with Crippen LogP contribution in [0.4, 0.5) is 0 Å². The molecular formula is C11H17NO4. The van der Waals surface area contributed by atoms with Crippen LogP contribution in [0.1, 0.15) is 13.3 Å². The summed E-state index contributed by atoms with van der Waals surface area (Å²) in [5.74, 6) is -1.01. The number of carboxylic acid groups (broad SMARTS) is 1. The summed E-state index contributed by atoms with van der Waals surface area (Å²) >= 11 is 0.